The Morgan fingerprint density at radius 2 is 2.00 bits per heavy atom. The van der Waals surface area contributed by atoms with Gasteiger partial charge in [0.1, 0.15) is 17.8 Å². The van der Waals surface area contributed by atoms with Gasteiger partial charge in [0, 0.05) is 16.3 Å². The van der Waals surface area contributed by atoms with E-state index in [1.165, 1.54) is 0 Å². The summed E-state index contributed by atoms with van der Waals surface area (Å²) in [6.07, 6.45) is 1.48. The minimum Gasteiger partial charge on any atom is -0.488 e. The third-order valence-electron chi connectivity index (χ3n) is 2.77. The van der Waals surface area contributed by atoms with Crippen molar-refractivity contribution in [2.45, 2.75) is 13.0 Å². The first-order valence-electron chi connectivity index (χ1n) is 5.74. The number of aliphatic carboxylic acids is 1. The van der Waals surface area contributed by atoms with Gasteiger partial charge in [-0.2, -0.15) is 0 Å². The molecule has 4 nitrogen and oxygen atoms in total. The number of para-hydroxylation sites is 1. The lowest BCUT2D eigenvalue weighted by atomic mass is 10.1. The van der Waals surface area contributed by atoms with Crippen molar-refractivity contribution in [1.82, 2.24) is 0 Å². The molecular weight excluding hydrogens is 244 g/mol. The molecule has 0 bridgehead atoms. The first-order valence-corrected chi connectivity index (χ1v) is 5.74. The van der Waals surface area contributed by atoms with Gasteiger partial charge in [-0.3, -0.25) is 4.79 Å². The summed E-state index contributed by atoms with van der Waals surface area (Å²) >= 11 is 0. The Balaban J connectivity index is 2.15. The van der Waals surface area contributed by atoms with Crippen LogP contribution in [-0.2, 0) is 17.8 Å². The highest BCUT2D eigenvalue weighted by Crippen LogP contribution is 2.19. The van der Waals surface area contributed by atoms with Crippen LogP contribution >= 0.6 is 0 Å². The van der Waals surface area contributed by atoms with Gasteiger partial charge in [-0.1, -0.05) is 31.4 Å². The van der Waals surface area contributed by atoms with Gasteiger partial charge in [0.25, 0.3) is 0 Å². The summed E-state index contributed by atoms with van der Waals surface area (Å²) in [6, 6.07) is 7.06. The lowest BCUT2D eigenvalue weighted by Gasteiger charge is -2.09. The third kappa shape index (κ3) is 3.04. The quantitative estimate of drug-likeness (QED) is 0.878. The summed E-state index contributed by atoms with van der Waals surface area (Å²) in [5.74, 6) is -0.339. The van der Waals surface area contributed by atoms with E-state index in [2.05, 4.69) is 13.2 Å². The second kappa shape index (κ2) is 5.44. The van der Waals surface area contributed by atoms with E-state index in [0.29, 0.717) is 21.9 Å². The Kier molecular flexibility index (Phi) is 3.71. The highest BCUT2D eigenvalue weighted by Gasteiger charge is 2.08. The molecule has 19 heavy (non-hydrogen) atoms. The van der Waals surface area contributed by atoms with Crippen LogP contribution in [0.1, 0.15) is 11.1 Å². The molecule has 0 saturated carbocycles. The summed E-state index contributed by atoms with van der Waals surface area (Å²) < 4.78 is 10.8. The summed E-state index contributed by atoms with van der Waals surface area (Å²) in [7, 11) is 0. The molecule has 0 saturated heterocycles. The van der Waals surface area contributed by atoms with Gasteiger partial charge in [-0.15, -0.1) is 0 Å². The van der Waals surface area contributed by atoms with Gasteiger partial charge in [0.2, 0.25) is 0 Å². The van der Waals surface area contributed by atoms with Crippen LogP contribution in [-0.4, -0.2) is 11.1 Å². The number of furan rings is 1. The molecule has 0 spiro atoms. The zero-order chi connectivity index (χ0) is 13.8. The maximum atomic E-state index is 10.8. The summed E-state index contributed by atoms with van der Waals surface area (Å²) in [5, 5.41) is 9.54. The molecule has 1 N–H and O–H groups in total. The van der Waals surface area contributed by atoms with Gasteiger partial charge in [0.15, 0.2) is 0 Å². The van der Waals surface area contributed by atoms with Crippen LogP contribution < -0.4 is 15.4 Å². The monoisotopic (exact) mass is 258 g/mol. The molecule has 1 aromatic heterocycles. The van der Waals surface area contributed by atoms with E-state index < -0.39 is 5.97 Å². The molecule has 0 atom stereocenters. The molecule has 2 aromatic rings. The highest BCUT2D eigenvalue weighted by molar-refractivity contribution is 5.71. The van der Waals surface area contributed by atoms with Crippen LogP contribution in [0.4, 0.5) is 0 Å². The molecule has 2 rings (SSSR count). The molecule has 1 aromatic carbocycles. The fourth-order valence-corrected chi connectivity index (χ4v) is 1.69. The molecule has 0 fully saturated rings. The molecular formula is C15H14O4. The molecule has 0 aliphatic rings. The van der Waals surface area contributed by atoms with Gasteiger partial charge >= 0.3 is 5.97 Å². The molecule has 0 amide bonds. The van der Waals surface area contributed by atoms with Crippen molar-refractivity contribution < 1.29 is 19.1 Å². The second-order valence-corrected chi connectivity index (χ2v) is 4.13. The van der Waals surface area contributed by atoms with E-state index in [4.69, 9.17) is 14.3 Å². The fraction of sp³-hybridized carbons (Fsp3) is 0.133. The number of carboxylic acid groups (broad SMARTS) is 1. The van der Waals surface area contributed by atoms with Crippen molar-refractivity contribution in [3.8, 4) is 5.75 Å². The average molecular weight is 258 g/mol. The number of hydrogen-bond acceptors (Lipinski definition) is 3. The fourth-order valence-electron chi connectivity index (χ4n) is 1.69. The number of ether oxygens (including phenoxy) is 1. The normalized spacial score (nSPS) is 10.3. The van der Waals surface area contributed by atoms with E-state index in [9.17, 15) is 4.79 Å². The summed E-state index contributed by atoms with van der Waals surface area (Å²) in [6.45, 7) is 7.80. The smallest absolute Gasteiger partial charge is 0.307 e. The molecule has 4 heteroatoms. The van der Waals surface area contributed by atoms with E-state index >= 15 is 0 Å². The Labute approximate surface area is 110 Å². The number of hydrogen-bond donors (Lipinski definition) is 1. The largest absolute Gasteiger partial charge is 0.488 e. The molecule has 0 unspecified atom stereocenters. The van der Waals surface area contributed by atoms with Crippen molar-refractivity contribution in [2.24, 2.45) is 0 Å². The van der Waals surface area contributed by atoms with Crippen molar-refractivity contribution in [3.05, 3.63) is 52.3 Å². The van der Waals surface area contributed by atoms with Gasteiger partial charge in [0.05, 0.1) is 12.7 Å². The van der Waals surface area contributed by atoms with Crippen LogP contribution in [0.2, 0.25) is 0 Å². The van der Waals surface area contributed by atoms with E-state index in [-0.39, 0.29) is 13.0 Å². The zero-order valence-corrected chi connectivity index (χ0v) is 10.4. The second-order valence-electron chi connectivity index (χ2n) is 4.13. The highest BCUT2D eigenvalue weighted by atomic mass is 16.5. The average Bonchev–Trinajstić information content (AvgIpc) is 2.68. The Morgan fingerprint density at radius 3 is 2.63 bits per heavy atom. The number of benzene rings is 1. The lowest BCUT2D eigenvalue weighted by molar-refractivity contribution is -0.136. The predicted octanol–water partition coefficient (Wildman–Crippen LogP) is 1.31. The summed E-state index contributed by atoms with van der Waals surface area (Å²) in [5.41, 5.74) is 1.95. The maximum absolute atomic E-state index is 10.8. The standard InChI is InChI=1S/C15H14O4/c1-10-11(2)18-8-13(10)9-19-14-6-4-3-5-12(14)7-15(16)17/h3-6,8H,1-2,7,9H2,(H,16,17). The maximum Gasteiger partial charge on any atom is 0.307 e. The van der Waals surface area contributed by atoms with Crippen LogP contribution in [0.5, 0.6) is 5.75 Å². The topological polar surface area (TPSA) is 59.7 Å². The number of rotatable bonds is 5. The molecule has 0 aliphatic carbocycles. The Morgan fingerprint density at radius 1 is 1.26 bits per heavy atom. The van der Waals surface area contributed by atoms with Gasteiger partial charge < -0.3 is 14.3 Å². The number of carbonyl (C=O) groups is 1. The van der Waals surface area contributed by atoms with E-state index in [0.717, 1.165) is 5.56 Å². The van der Waals surface area contributed by atoms with E-state index in [1.54, 1.807) is 30.5 Å². The first kappa shape index (κ1) is 13.0. The summed E-state index contributed by atoms with van der Waals surface area (Å²) in [4.78, 5) is 10.8. The molecule has 0 radical (unpaired) electrons. The van der Waals surface area contributed by atoms with Gasteiger partial charge in [-0.05, 0) is 6.07 Å². The predicted molar refractivity (Wildman–Crippen MR) is 71.1 cm³/mol. The lowest BCUT2D eigenvalue weighted by Crippen LogP contribution is -2.20. The van der Waals surface area contributed by atoms with Crippen molar-refractivity contribution >= 4 is 19.1 Å². The minimum absolute atomic E-state index is 0.0701. The zero-order valence-electron chi connectivity index (χ0n) is 10.4. The Hall–Kier alpha value is -2.49. The molecule has 1 heterocycles. The van der Waals surface area contributed by atoms with Crippen molar-refractivity contribution in [2.75, 3.05) is 0 Å². The number of carboxylic acids is 1. The van der Waals surface area contributed by atoms with Crippen LogP contribution in [0.15, 0.2) is 34.9 Å². The Bertz CT molecular complexity index is 684. The van der Waals surface area contributed by atoms with Crippen molar-refractivity contribution in [1.29, 1.82) is 0 Å². The van der Waals surface area contributed by atoms with Crippen LogP contribution in [0.3, 0.4) is 0 Å². The molecule has 98 valence electrons. The van der Waals surface area contributed by atoms with E-state index in [1.807, 2.05) is 0 Å². The first-order chi connectivity index (χ1) is 9.08. The SMILES string of the molecule is C=c1occ(COc2ccccc2CC(=O)O)c1=C. The third-order valence-corrected chi connectivity index (χ3v) is 2.77. The van der Waals surface area contributed by atoms with Crippen LogP contribution in [0, 0.1) is 0 Å². The molecule has 0 aliphatic heterocycles. The van der Waals surface area contributed by atoms with Crippen LogP contribution in [0.25, 0.3) is 13.2 Å². The minimum atomic E-state index is -0.891. The van der Waals surface area contributed by atoms with Crippen molar-refractivity contribution in [3.63, 3.8) is 0 Å². The van der Waals surface area contributed by atoms with Gasteiger partial charge in [-0.25, -0.2) is 0 Å².